The lowest BCUT2D eigenvalue weighted by molar-refractivity contribution is 0.0953. The summed E-state index contributed by atoms with van der Waals surface area (Å²) in [7, 11) is 0. The standard InChI is InChI=1S/C17H14N4O5/c18-14(23)9-5-1-3-7(11(9)16(20)25)13(22)8-4-2-6-10(15(19)24)12(8)17(21)26/h1-6H,(H2,18,23)(H2,19,24)(H2,20,25)(H2,21,26). The Hall–Kier alpha value is -4.01. The monoisotopic (exact) mass is 354 g/mol. The minimum absolute atomic E-state index is 0.255. The summed E-state index contributed by atoms with van der Waals surface area (Å²) in [6.45, 7) is 0. The Bertz CT molecular complexity index is 904. The number of rotatable bonds is 6. The molecule has 8 N–H and O–H groups in total. The Morgan fingerprint density at radius 3 is 1.08 bits per heavy atom. The normalized spacial score (nSPS) is 10.2. The van der Waals surface area contributed by atoms with Crippen LogP contribution >= 0.6 is 0 Å². The van der Waals surface area contributed by atoms with Gasteiger partial charge in [0.05, 0.1) is 22.3 Å². The highest BCUT2D eigenvalue weighted by atomic mass is 16.2. The van der Waals surface area contributed by atoms with Gasteiger partial charge in [-0.2, -0.15) is 0 Å². The van der Waals surface area contributed by atoms with Crippen LogP contribution < -0.4 is 22.9 Å². The molecule has 0 aliphatic rings. The second-order valence-corrected chi connectivity index (χ2v) is 5.24. The number of benzene rings is 2. The predicted molar refractivity (Wildman–Crippen MR) is 90.4 cm³/mol. The molecule has 2 aromatic rings. The van der Waals surface area contributed by atoms with E-state index in [4.69, 9.17) is 22.9 Å². The van der Waals surface area contributed by atoms with Gasteiger partial charge >= 0.3 is 0 Å². The van der Waals surface area contributed by atoms with E-state index in [1.807, 2.05) is 0 Å². The molecule has 0 aliphatic heterocycles. The van der Waals surface area contributed by atoms with Crippen molar-refractivity contribution in [2.75, 3.05) is 0 Å². The number of carbonyl (C=O) groups excluding carboxylic acids is 5. The zero-order chi connectivity index (χ0) is 19.6. The molecule has 0 unspecified atom stereocenters. The SMILES string of the molecule is NC(=O)c1cccc(C(=O)c2cccc(C(N)=O)c2C(N)=O)c1C(N)=O. The van der Waals surface area contributed by atoms with Crippen LogP contribution in [0.3, 0.4) is 0 Å². The maximum absolute atomic E-state index is 12.9. The van der Waals surface area contributed by atoms with Gasteiger partial charge in [0.25, 0.3) is 0 Å². The molecule has 0 aromatic heterocycles. The first kappa shape index (κ1) is 18.3. The fraction of sp³-hybridized carbons (Fsp3) is 0. The smallest absolute Gasteiger partial charge is 0.250 e. The van der Waals surface area contributed by atoms with Crippen LogP contribution in [0.5, 0.6) is 0 Å². The Balaban J connectivity index is 2.80. The van der Waals surface area contributed by atoms with Crippen molar-refractivity contribution in [2.45, 2.75) is 0 Å². The molecule has 0 saturated heterocycles. The van der Waals surface area contributed by atoms with Crippen LogP contribution in [0.2, 0.25) is 0 Å². The first-order valence-electron chi connectivity index (χ1n) is 7.16. The summed E-state index contributed by atoms with van der Waals surface area (Å²) in [4.78, 5) is 59.5. The van der Waals surface area contributed by atoms with E-state index in [1.165, 1.54) is 36.4 Å². The molecule has 132 valence electrons. The van der Waals surface area contributed by atoms with E-state index in [1.54, 1.807) is 0 Å². The second-order valence-electron chi connectivity index (χ2n) is 5.24. The third kappa shape index (κ3) is 3.13. The fourth-order valence-corrected chi connectivity index (χ4v) is 2.57. The van der Waals surface area contributed by atoms with Gasteiger partial charge in [0.15, 0.2) is 5.78 Å². The molecule has 0 aliphatic carbocycles. The van der Waals surface area contributed by atoms with Crippen molar-refractivity contribution in [3.63, 3.8) is 0 Å². The Morgan fingerprint density at radius 2 is 0.808 bits per heavy atom. The molecule has 9 nitrogen and oxygen atoms in total. The molecule has 26 heavy (non-hydrogen) atoms. The molecule has 0 heterocycles. The van der Waals surface area contributed by atoms with Gasteiger partial charge in [0.2, 0.25) is 23.6 Å². The van der Waals surface area contributed by atoms with Crippen molar-refractivity contribution in [3.8, 4) is 0 Å². The number of nitrogens with two attached hydrogens (primary N) is 4. The van der Waals surface area contributed by atoms with Gasteiger partial charge in [-0.1, -0.05) is 24.3 Å². The zero-order valence-electron chi connectivity index (χ0n) is 13.3. The predicted octanol–water partition coefficient (Wildman–Crippen LogP) is -0.687. The topological polar surface area (TPSA) is 189 Å². The Morgan fingerprint density at radius 1 is 0.500 bits per heavy atom. The van der Waals surface area contributed by atoms with E-state index >= 15 is 0 Å². The van der Waals surface area contributed by atoms with Gasteiger partial charge in [-0.15, -0.1) is 0 Å². The zero-order valence-corrected chi connectivity index (χ0v) is 13.3. The summed E-state index contributed by atoms with van der Waals surface area (Å²) in [6.07, 6.45) is 0. The van der Waals surface area contributed by atoms with Crippen LogP contribution in [-0.2, 0) is 0 Å². The van der Waals surface area contributed by atoms with E-state index in [9.17, 15) is 24.0 Å². The molecule has 0 fully saturated rings. The maximum atomic E-state index is 12.9. The third-order valence-corrected chi connectivity index (χ3v) is 3.64. The number of amides is 4. The van der Waals surface area contributed by atoms with E-state index in [-0.39, 0.29) is 22.3 Å². The molecule has 0 saturated carbocycles. The van der Waals surface area contributed by atoms with Gasteiger partial charge < -0.3 is 22.9 Å². The quantitative estimate of drug-likeness (QED) is 0.498. The van der Waals surface area contributed by atoms with Crippen LogP contribution in [0.1, 0.15) is 57.4 Å². The number of primary amides is 4. The molecule has 2 rings (SSSR count). The van der Waals surface area contributed by atoms with Crippen molar-refractivity contribution >= 4 is 29.4 Å². The fourth-order valence-electron chi connectivity index (χ4n) is 2.57. The van der Waals surface area contributed by atoms with E-state index in [2.05, 4.69) is 0 Å². The van der Waals surface area contributed by atoms with Gasteiger partial charge in [0.1, 0.15) is 0 Å². The lowest BCUT2D eigenvalue weighted by Gasteiger charge is -2.13. The second kappa shape index (κ2) is 6.85. The molecule has 9 heteroatoms. The van der Waals surface area contributed by atoms with Crippen molar-refractivity contribution in [1.29, 1.82) is 0 Å². The van der Waals surface area contributed by atoms with Crippen LogP contribution in [-0.4, -0.2) is 29.4 Å². The average molecular weight is 354 g/mol. The van der Waals surface area contributed by atoms with Crippen LogP contribution in [0.4, 0.5) is 0 Å². The minimum atomic E-state index is -1.06. The third-order valence-electron chi connectivity index (χ3n) is 3.64. The molecule has 0 atom stereocenters. The molecule has 0 spiro atoms. The number of hydrogen-bond donors (Lipinski definition) is 4. The van der Waals surface area contributed by atoms with E-state index < -0.39 is 40.5 Å². The van der Waals surface area contributed by atoms with Crippen molar-refractivity contribution in [1.82, 2.24) is 0 Å². The Kier molecular flexibility index (Phi) is 4.83. The highest BCUT2D eigenvalue weighted by Crippen LogP contribution is 2.22. The number of carbonyl (C=O) groups is 5. The summed E-state index contributed by atoms with van der Waals surface area (Å²) < 4.78 is 0. The van der Waals surface area contributed by atoms with Crippen LogP contribution in [0.15, 0.2) is 36.4 Å². The Labute approximate surface area is 146 Å². The van der Waals surface area contributed by atoms with Crippen LogP contribution in [0, 0.1) is 0 Å². The summed E-state index contributed by atoms with van der Waals surface area (Å²) in [5, 5.41) is 0. The number of hydrogen-bond acceptors (Lipinski definition) is 5. The van der Waals surface area contributed by atoms with Gasteiger partial charge in [-0.3, -0.25) is 24.0 Å². The number of ketones is 1. The first-order chi connectivity index (χ1) is 12.2. The molecular weight excluding hydrogens is 340 g/mol. The van der Waals surface area contributed by atoms with Crippen molar-refractivity contribution in [2.24, 2.45) is 22.9 Å². The minimum Gasteiger partial charge on any atom is -0.366 e. The lowest BCUT2D eigenvalue weighted by atomic mass is 9.90. The van der Waals surface area contributed by atoms with E-state index in [0.29, 0.717) is 0 Å². The molecule has 4 amide bonds. The van der Waals surface area contributed by atoms with E-state index in [0.717, 1.165) is 0 Å². The highest BCUT2D eigenvalue weighted by molar-refractivity contribution is 6.22. The first-order valence-corrected chi connectivity index (χ1v) is 7.16. The average Bonchev–Trinajstić information content (AvgIpc) is 2.59. The molecule has 2 aromatic carbocycles. The van der Waals surface area contributed by atoms with Crippen molar-refractivity contribution in [3.05, 3.63) is 69.8 Å². The largest absolute Gasteiger partial charge is 0.366 e. The summed E-state index contributed by atoms with van der Waals surface area (Å²) in [6, 6.07) is 7.57. The van der Waals surface area contributed by atoms with Gasteiger partial charge in [-0.05, 0) is 12.1 Å². The van der Waals surface area contributed by atoms with Crippen molar-refractivity contribution < 1.29 is 24.0 Å². The summed E-state index contributed by atoms with van der Waals surface area (Å²) >= 11 is 0. The van der Waals surface area contributed by atoms with Crippen LogP contribution in [0.25, 0.3) is 0 Å². The molecule has 0 radical (unpaired) electrons. The maximum Gasteiger partial charge on any atom is 0.250 e. The summed E-state index contributed by atoms with van der Waals surface area (Å²) in [5.41, 5.74) is 19.1. The molecule has 0 bridgehead atoms. The van der Waals surface area contributed by atoms with Gasteiger partial charge in [-0.25, -0.2) is 0 Å². The molecular formula is C17H14N4O5. The van der Waals surface area contributed by atoms with Gasteiger partial charge in [0, 0.05) is 11.1 Å². The lowest BCUT2D eigenvalue weighted by Crippen LogP contribution is -2.26. The summed E-state index contributed by atoms with van der Waals surface area (Å²) in [5.74, 6) is -4.90. The highest BCUT2D eigenvalue weighted by Gasteiger charge is 2.27.